The van der Waals surface area contributed by atoms with Crippen LogP contribution in [-0.4, -0.2) is 37.6 Å². The molecule has 1 aliphatic carbocycles. The Morgan fingerprint density at radius 2 is 2.05 bits per heavy atom. The zero-order valence-electron chi connectivity index (χ0n) is 12.6. The Labute approximate surface area is 125 Å². The number of likely N-dealkylation sites (N-methyl/N-ethyl adjacent to an activating group) is 1. The maximum absolute atomic E-state index is 12.2. The van der Waals surface area contributed by atoms with E-state index < -0.39 is 5.54 Å². The third-order valence-electron chi connectivity index (χ3n) is 4.10. The molecule has 5 nitrogen and oxygen atoms in total. The van der Waals surface area contributed by atoms with E-state index >= 15 is 0 Å². The molecule has 2 amide bonds. The number of carbonyl (C=O) groups is 2. The smallest absolute Gasteiger partial charge is 0.245 e. The Morgan fingerprint density at radius 1 is 1.29 bits per heavy atom. The minimum absolute atomic E-state index is 0.0691. The Morgan fingerprint density at radius 3 is 2.67 bits per heavy atom. The van der Waals surface area contributed by atoms with Crippen molar-refractivity contribution in [1.82, 2.24) is 10.6 Å². The van der Waals surface area contributed by atoms with Gasteiger partial charge in [0, 0.05) is 39.5 Å². The summed E-state index contributed by atoms with van der Waals surface area (Å²) in [7, 11) is 1.60. The molecule has 0 atom stereocenters. The number of amides is 2. The van der Waals surface area contributed by atoms with E-state index in [4.69, 9.17) is 4.74 Å². The van der Waals surface area contributed by atoms with Gasteiger partial charge in [0.1, 0.15) is 5.54 Å². The van der Waals surface area contributed by atoms with Gasteiger partial charge in [0.25, 0.3) is 0 Å². The van der Waals surface area contributed by atoms with Crippen LogP contribution in [0.5, 0.6) is 0 Å². The van der Waals surface area contributed by atoms with Crippen LogP contribution in [-0.2, 0) is 14.3 Å². The molecule has 21 heavy (non-hydrogen) atoms. The highest BCUT2D eigenvalue weighted by Crippen LogP contribution is 2.22. The molecule has 0 aromatic heterocycles. The first-order valence-electron chi connectivity index (χ1n) is 7.63. The molecule has 116 valence electrons. The van der Waals surface area contributed by atoms with Gasteiger partial charge in [-0.25, -0.2) is 0 Å². The van der Waals surface area contributed by atoms with Crippen LogP contribution in [0.15, 0.2) is 23.8 Å². The van der Waals surface area contributed by atoms with Crippen LogP contribution in [0.25, 0.3) is 0 Å². The summed E-state index contributed by atoms with van der Waals surface area (Å²) in [6.45, 7) is 1.00. The molecule has 2 N–H and O–H groups in total. The van der Waals surface area contributed by atoms with Gasteiger partial charge in [0.2, 0.25) is 11.8 Å². The van der Waals surface area contributed by atoms with E-state index in [0.717, 1.165) is 19.3 Å². The normalized spacial score (nSPS) is 20.5. The minimum atomic E-state index is -0.805. The lowest BCUT2D eigenvalue weighted by Gasteiger charge is -2.36. The van der Waals surface area contributed by atoms with Crippen molar-refractivity contribution in [3.63, 3.8) is 0 Å². The number of ether oxygens (including phenoxy) is 1. The van der Waals surface area contributed by atoms with Crippen molar-refractivity contribution in [2.45, 2.75) is 44.1 Å². The number of hydrogen-bond donors (Lipinski definition) is 2. The van der Waals surface area contributed by atoms with Crippen molar-refractivity contribution in [2.24, 2.45) is 0 Å². The lowest BCUT2D eigenvalue weighted by molar-refractivity contribution is -0.137. The van der Waals surface area contributed by atoms with Crippen molar-refractivity contribution in [1.29, 1.82) is 0 Å². The Hall–Kier alpha value is -1.62. The summed E-state index contributed by atoms with van der Waals surface area (Å²) < 4.78 is 5.31. The fourth-order valence-electron chi connectivity index (χ4n) is 2.81. The molecule has 0 aromatic rings. The molecule has 5 heteroatoms. The van der Waals surface area contributed by atoms with E-state index in [2.05, 4.69) is 28.9 Å². The van der Waals surface area contributed by atoms with Gasteiger partial charge in [0.05, 0.1) is 0 Å². The largest absolute Gasteiger partial charge is 0.381 e. The third kappa shape index (κ3) is 4.17. The number of allylic oxidation sites excluding steroid dienone is 4. The summed E-state index contributed by atoms with van der Waals surface area (Å²) in [6, 6.07) is 0. The molecule has 0 unspecified atom stereocenters. The molecule has 0 radical (unpaired) electrons. The van der Waals surface area contributed by atoms with E-state index in [1.54, 1.807) is 7.05 Å². The van der Waals surface area contributed by atoms with E-state index in [1.165, 1.54) is 5.57 Å². The summed E-state index contributed by atoms with van der Waals surface area (Å²) in [5.41, 5.74) is 0.401. The molecular formula is C16H24N2O3. The Kier molecular flexibility index (Phi) is 5.56. The van der Waals surface area contributed by atoms with Crippen molar-refractivity contribution in [3.8, 4) is 0 Å². The van der Waals surface area contributed by atoms with Crippen LogP contribution in [0, 0.1) is 0 Å². The van der Waals surface area contributed by atoms with Gasteiger partial charge in [0.15, 0.2) is 0 Å². The average molecular weight is 292 g/mol. The predicted molar refractivity (Wildman–Crippen MR) is 80.7 cm³/mol. The van der Waals surface area contributed by atoms with Crippen LogP contribution in [0.3, 0.4) is 0 Å². The second-order valence-electron chi connectivity index (χ2n) is 5.58. The molecular weight excluding hydrogens is 268 g/mol. The van der Waals surface area contributed by atoms with E-state index in [1.807, 2.05) is 0 Å². The molecule has 0 spiro atoms. The average Bonchev–Trinajstić information content (AvgIpc) is 2.54. The summed E-state index contributed by atoms with van der Waals surface area (Å²) in [6.07, 6.45) is 10.7. The molecule has 1 aliphatic heterocycles. The first-order chi connectivity index (χ1) is 10.2. The van der Waals surface area contributed by atoms with E-state index in [0.29, 0.717) is 32.5 Å². The highest BCUT2D eigenvalue weighted by molar-refractivity contribution is 5.91. The molecule has 1 fully saturated rings. The lowest BCUT2D eigenvalue weighted by atomic mass is 9.88. The van der Waals surface area contributed by atoms with Crippen molar-refractivity contribution in [2.75, 3.05) is 20.3 Å². The number of hydrogen-bond acceptors (Lipinski definition) is 3. The van der Waals surface area contributed by atoms with E-state index in [9.17, 15) is 9.59 Å². The second kappa shape index (κ2) is 7.41. The van der Waals surface area contributed by atoms with Crippen molar-refractivity contribution in [3.05, 3.63) is 23.8 Å². The van der Waals surface area contributed by atoms with Gasteiger partial charge in [-0.1, -0.05) is 23.8 Å². The van der Waals surface area contributed by atoms with Gasteiger partial charge >= 0.3 is 0 Å². The fourth-order valence-corrected chi connectivity index (χ4v) is 2.81. The SMILES string of the molecule is CNC(=O)C1(NC(=O)CCC2=CCCC=C2)CCOCC1. The summed E-state index contributed by atoms with van der Waals surface area (Å²) in [5, 5.41) is 5.59. The van der Waals surface area contributed by atoms with Gasteiger partial charge in [-0.05, 0) is 19.3 Å². The monoisotopic (exact) mass is 292 g/mol. The zero-order valence-corrected chi connectivity index (χ0v) is 12.6. The third-order valence-corrected chi connectivity index (χ3v) is 4.10. The number of carbonyl (C=O) groups excluding carboxylic acids is 2. The Bertz CT molecular complexity index is 448. The fraction of sp³-hybridized carbons (Fsp3) is 0.625. The van der Waals surface area contributed by atoms with Crippen molar-refractivity contribution < 1.29 is 14.3 Å². The Balaban J connectivity index is 1.90. The topological polar surface area (TPSA) is 67.4 Å². The number of rotatable bonds is 5. The second-order valence-corrected chi connectivity index (χ2v) is 5.58. The summed E-state index contributed by atoms with van der Waals surface area (Å²) in [5.74, 6) is -0.198. The molecule has 1 heterocycles. The maximum Gasteiger partial charge on any atom is 0.245 e. The minimum Gasteiger partial charge on any atom is -0.381 e. The zero-order chi connectivity index (χ0) is 15.1. The summed E-state index contributed by atoms with van der Waals surface area (Å²) >= 11 is 0. The van der Waals surface area contributed by atoms with Gasteiger partial charge in [-0.15, -0.1) is 0 Å². The van der Waals surface area contributed by atoms with E-state index in [-0.39, 0.29) is 11.8 Å². The first-order valence-corrected chi connectivity index (χ1v) is 7.63. The van der Waals surface area contributed by atoms with Crippen LogP contribution in [0.4, 0.5) is 0 Å². The molecule has 2 aliphatic rings. The molecule has 0 aromatic carbocycles. The first kappa shape index (κ1) is 15.8. The standard InChI is InChI=1S/C16H24N2O3/c1-17-15(20)16(9-11-21-12-10-16)18-14(19)8-7-13-5-3-2-4-6-13/h3,5-6H,2,4,7-12H2,1H3,(H,17,20)(H,18,19). The van der Waals surface area contributed by atoms with Crippen LogP contribution < -0.4 is 10.6 Å². The molecule has 0 saturated carbocycles. The number of nitrogens with one attached hydrogen (secondary N) is 2. The van der Waals surface area contributed by atoms with Crippen molar-refractivity contribution >= 4 is 11.8 Å². The highest BCUT2D eigenvalue weighted by atomic mass is 16.5. The summed E-state index contributed by atoms with van der Waals surface area (Å²) in [4.78, 5) is 24.3. The highest BCUT2D eigenvalue weighted by Gasteiger charge is 2.40. The van der Waals surface area contributed by atoms with Gasteiger partial charge < -0.3 is 15.4 Å². The lowest BCUT2D eigenvalue weighted by Crippen LogP contribution is -2.60. The van der Waals surface area contributed by atoms with Crippen LogP contribution >= 0.6 is 0 Å². The predicted octanol–water partition coefficient (Wildman–Crippen LogP) is 1.45. The van der Waals surface area contributed by atoms with Gasteiger partial charge in [-0.2, -0.15) is 0 Å². The quantitative estimate of drug-likeness (QED) is 0.806. The molecule has 0 bridgehead atoms. The molecule has 2 rings (SSSR count). The van der Waals surface area contributed by atoms with Crippen LogP contribution in [0.2, 0.25) is 0 Å². The van der Waals surface area contributed by atoms with Crippen LogP contribution in [0.1, 0.15) is 38.5 Å². The molecule has 1 saturated heterocycles. The van der Waals surface area contributed by atoms with Gasteiger partial charge in [-0.3, -0.25) is 9.59 Å². The maximum atomic E-state index is 12.2.